The van der Waals surface area contributed by atoms with E-state index in [9.17, 15) is 0 Å². The summed E-state index contributed by atoms with van der Waals surface area (Å²) in [5.41, 5.74) is 12.0. The SMILES string of the molecule is Cc1ccc(-c2cccc(-c3ccc(C)cc3C)c2C)c(C)c1. The van der Waals surface area contributed by atoms with Crippen LogP contribution in [0.5, 0.6) is 0 Å². The minimum Gasteiger partial charge on any atom is -0.0610 e. The van der Waals surface area contributed by atoms with Crippen molar-refractivity contribution in [3.63, 3.8) is 0 Å². The van der Waals surface area contributed by atoms with E-state index in [2.05, 4.69) is 89.2 Å². The largest absolute Gasteiger partial charge is 0.0610 e. The van der Waals surface area contributed by atoms with Gasteiger partial charge in [-0.05, 0) is 73.6 Å². The summed E-state index contributed by atoms with van der Waals surface area (Å²) >= 11 is 0. The molecule has 3 aromatic carbocycles. The summed E-state index contributed by atoms with van der Waals surface area (Å²) in [6, 6.07) is 20.1. The summed E-state index contributed by atoms with van der Waals surface area (Å²) in [5.74, 6) is 0. The molecule has 0 nitrogen and oxygen atoms in total. The maximum atomic E-state index is 2.26. The molecule has 0 saturated heterocycles. The maximum absolute atomic E-state index is 2.26. The van der Waals surface area contributed by atoms with E-state index in [0.29, 0.717) is 0 Å². The van der Waals surface area contributed by atoms with Gasteiger partial charge in [-0.25, -0.2) is 0 Å². The van der Waals surface area contributed by atoms with Gasteiger partial charge in [-0.3, -0.25) is 0 Å². The number of aryl methyl sites for hydroxylation is 4. The van der Waals surface area contributed by atoms with E-state index in [1.807, 2.05) is 0 Å². The maximum Gasteiger partial charge on any atom is -0.0146 e. The van der Waals surface area contributed by atoms with Crippen molar-refractivity contribution in [3.8, 4) is 22.3 Å². The third-order valence-electron chi connectivity index (χ3n) is 4.68. The number of rotatable bonds is 2. The second kappa shape index (κ2) is 6.04. The third kappa shape index (κ3) is 2.94. The van der Waals surface area contributed by atoms with Gasteiger partial charge in [-0.2, -0.15) is 0 Å². The number of hydrogen-bond donors (Lipinski definition) is 0. The summed E-state index contributed by atoms with van der Waals surface area (Å²) in [6.45, 7) is 10.9. The molecule has 0 heteroatoms. The lowest BCUT2D eigenvalue weighted by atomic mass is 9.89. The normalized spacial score (nSPS) is 10.8. The van der Waals surface area contributed by atoms with Crippen molar-refractivity contribution >= 4 is 0 Å². The minimum atomic E-state index is 1.31. The standard InChI is InChI=1S/C23H24/c1-15-9-11-20(17(3)13-15)22-7-6-8-23(19(22)5)21-12-10-16(2)14-18(21)4/h6-14H,1-5H3. The van der Waals surface area contributed by atoms with E-state index >= 15 is 0 Å². The lowest BCUT2D eigenvalue weighted by Gasteiger charge is -2.16. The second-order valence-corrected chi connectivity index (χ2v) is 6.61. The summed E-state index contributed by atoms with van der Waals surface area (Å²) in [4.78, 5) is 0. The van der Waals surface area contributed by atoms with Gasteiger partial charge in [0.25, 0.3) is 0 Å². The Labute approximate surface area is 139 Å². The number of benzene rings is 3. The Bertz CT molecular complexity index is 799. The van der Waals surface area contributed by atoms with Gasteiger partial charge in [0.15, 0.2) is 0 Å². The van der Waals surface area contributed by atoms with E-state index in [4.69, 9.17) is 0 Å². The van der Waals surface area contributed by atoms with E-state index in [1.54, 1.807) is 0 Å². The molecule has 0 aliphatic rings. The predicted molar refractivity (Wildman–Crippen MR) is 101 cm³/mol. The van der Waals surface area contributed by atoms with Crippen LogP contribution < -0.4 is 0 Å². The van der Waals surface area contributed by atoms with Crippen molar-refractivity contribution in [3.05, 3.63) is 82.4 Å². The molecule has 3 rings (SSSR count). The van der Waals surface area contributed by atoms with Gasteiger partial charge in [0.1, 0.15) is 0 Å². The van der Waals surface area contributed by atoms with E-state index in [1.165, 1.54) is 50.1 Å². The predicted octanol–water partition coefficient (Wildman–Crippen LogP) is 6.56. The summed E-state index contributed by atoms with van der Waals surface area (Å²) < 4.78 is 0. The fourth-order valence-corrected chi connectivity index (χ4v) is 3.45. The molecule has 0 spiro atoms. The average Bonchev–Trinajstić information content (AvgIpc) is 2.49. The minimum absolute atomic E-state index is 1.31. The first-order valence-corrected chi connectivity index (χ1v) is 8.22. The van der Waals surface area contributed by atoms with Crippen LogP contribution in [0.2, 0.25) is 0 Å². The zero-order valence-electron chi connectivity index (χ0n) is 14.7. The van der Waals surface area contributed by atoms with Crippen LogP contribution in [0.4, 0.5) is 0 Å². The zero-order valence-corrected chi connectivity index (χ0v) is 14.7. The highest BCUT2D eigenvalue weighted by molar-refractivity contribution is 5.80. The van der Waals surface area contributed by atoms with Gasteiger partial charge < -0.3 is 0 Å². The smallest absolute Gasteiger partial charge is 0.0146 e. The van der Waals surface area contributed by atoms with Crippen LogP contribution in [0.25, 0.3) is 22.3 Å². The molecule has 23 heavy (non-hydrogen) atoms. The van der Waals surface area contributed by atoms with E-state index < -0.39 is 0 Å². The van der Waals surface area contributed by atoms with Crippen LogP contribution in [0, 0.1) is 34.6 Å². The molecule has 0 N–H and O–H groups in total. The molecular weight excluding hydrogens is 276 g/mol. The van der Waals surface area contributed by atoms with E-state index in [0.717, 1.165) is 0 Å². The van der Waals surface area contributed by atoms with Crippen molar-refractivity contribution in [2.75, 3.05) is 0 Å². The van der Waals surface area contributed by atoms with Crippen LogP contribution in [0.15, 0.2) is 54.6 Å². The quantitative estimate of drug-likeness (QED) is 0.502. The molecule has 0 saturated carbocycles. The van der Waals surface area contributed by atoms with Crippen LogP contribution >= 0.6 is 0 Å². The van der Waals surface area contributed by atoms with Crippen LogP contribution in [0.3, 0.4) is 0 Å². The lowest BCUT2D eigenvalue weighted by Crippen LogP contribution is -1.93. The molecule has 116 valence electrons. The van der Waals surface area contributed by atoms with Gasteiger partial charge in [-0.1, -0.05) is 65.7 Å². The fourth-order valence-electron chi connectivity index (χ4n) is 3.45. The lowest BCUT2D eigenvalue weighted by molar-refractivity contribution is 1.34. The molecule has 0 fully saturated rings. The van der Waals surface area contributed by atoms with Gasteiger partial charge in [0.2, 0.25) is 0 Å². The molecular formula is C23H24. The summed E-state index contributed by atoms with van der Waals surface area (Å²) in [5, 5.41) is 0. The van der Waals surface area contributed by atoms with Crippen molar-refractivity contribution in [1.29, 1.82) is 0 Å². The molecule has 0 unspecified atom stereocenters. The molecule has 3 aromatic rings. The first kappa shape index (κ1) is 15.6. The summed E-state index contributed by atoms with van der Waals surface area (Å²) in [6.07, 6.45) is 0. The van der Waals surface area contributed by atoms with Crippen molar-refractivity contribution < 1.29 is 0 Å². The first-order valence-electron chi connectivity index (χ1n) is 8.22. The molecule has 0 aliphatic heterocycles. The Morgan fingerprint density at radius 1 is 0.478 bits per heavy atom. The zero-order chi connectivity index (χ0) is 16.6. The van der Waals surface area contributed by atoms with Crippen molar-refractivity contribution in [2.24, 2.45) is 0 Å². The Morgan fingerprint density at radius 3 is 1.30 bits per heavy atom. The molecule has 0 amide bonds. The van der Waals surface area contributed by atoms with Crippen molar-refractivity contribution in [2.45, 2.75) is 34.6 Å². The highest BCUT2D eigenvalue weighted by Crippen LogP contribution is 2.35. The van der Waals surface area contributed by atoms with Crippen LogP contribution in [0.1, 0.15) is 27.8 Å². The Morgan fingerprint density at radius 2 is 0.913 bits per heavy atom. The highest BCUT2D eigenvalue weighted by Gasteiger charge is 2.11. The second-order valence-electron chi connectivity index (χ2n) is 6.61. The molecule has 0 atom stereocenters. The molecule has 0 radical (unpaired) electrons. The Hall–Kier alpha value is -2.34. The Kier molecular flexibility index (Phi) is 4.09. The molecule has 0 aromatic heterocycles. The van der Waals surface area contributed by atoms with Crippen LogP contribution in [-0.2, 0) is 0 Å². The van der Waals surface area contributed by atoms with E-state index in [-0.39, 0.29) is 0 Å². The third-order valence-corrected chi connectivity index (χ3v) is 4.68. The van der Waals surface area contributed by atoms with Crippen LogP contribution in [-0.4, -0.2) is 0 Å². The fraction of sp³-hybridized carbons (Fsp3) is 0.217. The molecule has 0 bridgehead atoms. The Balaban J connectivity index is 2.19. The molecule has 0 heterocycles. The average molecular weight is 300 g/mol. The number of hydrogen-bond acceptors (Lipinski definition) is 0. The molecule has 0 aliphatic carbocycles. The first-order chi connectivity index (χ1) is 11.0. The summed E-state index contributed by atoms with van der Waals surface area (Å²) in [7, 11) is 0. The van der Waals surface area contributed by atoms with Crippen molar-refractivity contribution in [1.82, 2.24) is 0 Å². The van der Waals surface area contributed by atoms with Gasteiger partial charge in [0.05, 0.1) is 0 Å². The monoisotopic (exact) mass is 300 g/mol. The van der Waals surface area contributed by atoms with Gasteiger partial charge in [-0.15, -0.1) is 0 Å². The van der Waals surface area contributed by atoms with Gasteiger partial charge in [0, 0.05) is 0 Å². The highest BCUT2D eigenvalue weighted by atomic mass is 14.2. The van der Waals surface area contributed by atoms with Gasteiger partial charge >= 0.3 is 0 Å². The topological polar surface area (TPSA) is 0 Å².